The number of amides is 1. The van der Waals surface area contributed by atoms with Gasteiger partial charge in [-0.2, -0.15) is 0 Å². The van der Waals surface area contributed by atoms with Gasteiger partial charge in [0.2, 0.25) is 5.91 Å². The summed E-state index contributed by atoms with van der Waals surface area (Å²) in [7, 11) is 0. The molecule has 7 heteroatoms. The Morgan fingerprint density at radius 2 is 2.21 bits per heavy atom. The van der Waals surface area contributed by atoms with E-state index in [-0.39, 0.29) is 11.6 Å². The van der Waals surface area contributed by atoms with Crippen LogP contribution >= 0.6 is 15.9 Å². The van der Waals surface area contributed by atoms with Gasteiger partial charge in [0.25, 0.3) is 5.69 Å². The van der Waals surface area contributed by atoms with Crippen LogP contribution in [0.1, 0.15) is 18.9 Å². The quantitative estimate of drug-likeness (QED) is 0.455. The van der Waals surface area contributed by atoms with Crippen molar-refractivity contribution in [2.45, 2.75) is 19.9 Å². The van der Waals surface area contributed by atoms with Crippen molar-refractivity contribution in [1.29, 1.82) is 0 Å². The lowest BCUT2D eigenvalue weighted by molar-refractivity contribution is -0.384. The predicted molar refractivity (Wildman–Crippen MR) is 75.8 cm³/mol. The number of benzene rings is 1. The average Bonchev–Trinajstić information content (AvgIpc) is 2.36. The summed E-state index contributed by atoms with van der Waals surface area (Å²) in [5.74, 6) is 0.0118. The summed E-state index contributed by atoms with van der Waals surface area (Å²) in [4.78, 5) is 21.4. The van der Waals surface area contributed by atoms with Crippen LogP contribution in [0.4, 0.5) is 5.69 Å². The highest BCUT2D eigenvalue weighted by molar-refractivity contribution is 9.10. The lowest BCUT2D eigenvalue weighted by Gasteiger charge is -2.07. The molecule has 0 aliphatic heterocycles. The van der Waals surface area contributed by atoms with Crippen LogP contribution in [0.2, 0.25) is 0 Å². The highest BCUT2D eigenvalue weighted by Gasteiger charge is 2.08. The Labute approximate surface area is 119 Å². The van der Waals surface area contributed by atoms with E-state index in [1.165, 1.54) is 12.1 Å². The van der Waals surface area contributed by atoms with E-state index in [0.717, 1.165) is 5.56 Å². The summed E-state index contributed by atoms with van der Waals surface area (Å²) >= 11 is 3.30. The number of carbonyl (C=O) groups excluding carboxylic acids is 1. The molecule has 2 N–H and O–H groups in total. The highest BCUT2D eigenvalue weighted by Crippen LogP contribution is 2.22. The minimum atomic E-state index is -0.433. The fourth-order valence-corrected chi connectivity index (χ4v) is 2.01. The molecule has 1 aromatic rings. The number of nitro benzene ring substituents is 1. The van der Waals surface area contributed by atoms with E-state index in [4.69, 9.17) is 0 Å². The molecule has 0 heterocycles. The van der Waals surface area contributed by atoms with E-state index in [0.29, 0.717) is 30.5 Å². The molecule has 0 bridgehead atoms. The minimum absolute atomic E-state index is 0.0118. The molecule has 6 nitrogen and oxygen atoms in total. The molecule has 0 aliphatic carbocycles. The monoisotopic (exact) mass is 329 g/mol. The standard InChI is InChI=1S/C12H16BrN3O3/c1-2-15-12(17)5-6-14-8-9-3-4-10(16(18)19)7-11(9)13/h3-4,7,14H,2,5-6,8H2,1H3,(H,15,17). The van der Waals surface area contributed by atoms with Crippen LogP contribution in [0.5, 0.6) is 0 Å². The average molecular weight is 330 g/mol. The number of nitrogens with zero attached hydrogens (tertiary/aromatic N) is 1. The summed E-state index contributed by atoms with van der Waals surface area (Å²) < 4.78 is 0.687. The Morgan fingerprint density at radius 1 is 1.47 bits per heavy atom. The molecular formula is C12H16BrN3O3. The molecule has 1 aromatic carbocycles. The number of non-ortho nitro benzene ring substituents is 1. The molecule has 0 aromatic heterocycles. The smallest absolute Gasteiger partial charge is 0.270 e. The van der Waals surface area contributed by atoms with E-state index in [1.807, 2.05) is 6.92 Å². The normalized spacial score (nSPS) is 10.2. The Morgan fingerprint density at radius 3 is 2.79 bits per heavy atom. The predicted octanol–water partition coefficient (Wildman–Crippen LogP) is 1.97. The zero-order valence-electron chi connectivity index (χ0n) is 10.6. The third kappa shape index (κ3) is 5.35. The van der Waals surface area contributed by atoms with Gasteiger partial charge < -0.3 is 10.6 Å². The Kier molecular flexibility index (Phi) is 6.44. The molecule has 1 amide bonds. The zero-order chi connectivity index (χ0) is 14.3. The molecular weight excluding hydrogens is 314 g/mol. The first-order valence-electron chi connectivity index (χ1n) is 5.94. The second kappa shape index (κ2) is 7.85. The van der Waals surface area contributed by atoms with Crippen LogP contribution in [0.3, 0.4) is 0 Å². The van der Waals surface area contributed by atoms with E-state index >= 15 is 0 Å². The molecule has 0 radical (unpaired) electrons. The number of nitro groups is 1. The highest BCUT2D eigenvalue weighted by atomic mass is 79.9. The maximum Gasteiger partial charge on any atom is 0.270 e. The summed E-state index contributed by atoms with van der Waals surface area (Å²) in [5.41, 5.74) is 0.972. The third-order valence-electron chi connectivity index (χ3n) is 2.47. The zero-order valence-corrected chi connectivity index (χ0v) is 12.2. The first-order chi connectivity index (χ1) is 9.04. The van der Waals surface area contributed by atoms with Gasteiger partial charge in [-0.3, -0.25) is 14.9 Å². The second-order valence-corrected chi connectivity index (χ2v) is 4.77. The lowest BCUT2D eigenvalue weighted by Crippen LogP contribution is -2.27. The maximum atomic E-state index is 11.2. The Bertz CT molecular complexity index is 466. The molecule has 0 aliphatic rings. The van der Waals surface area contributed by atoms with Crippen molar-refractivity contribution in [3.8, 4) is 0 Å². The van der Waals surface area contributed by atoms with Crippen LogP contribution in [0, 0.1) is 10.1 Å². The summed E-state index contributed by atoms with van der Waals surface area (Å²) in [6, 6.07) is 4.63. The van der Waals surface area contributed by atoms with E-state index in [9.17, 15) is 14.9 Å². The molecule has 0 unspecified atom stereocenters. The molecule has 0 fully saturated rings. The number of carbonyl (C=O) groups is 1. The maximum absolute atomic E-state index is 11.2. The van der Waals surface area contributed by atoms with Gasteiger partial charge in [0.15, 0.2) is 0 Å². The Balaban J connectivity index is 2.41. The van der Waals surface area contributed by atoms with Crippen LogP contribution in [-0.4, -0.2) is 23.9 Å². The van der Waals surface area contributed by atoms with Gasteiger partial charge in [-0.15, -0.1) is 0 Å². The number of nitrogens with one attached hydrogen (secondary N) is 2. The van der Waals surface area contributed by atoms with E-state index in [1.54, 1.807) is 6.07 Å². The van der Waals surface area contributed by atoms with Gasteiger partial charge in [0.1, 0.15) is 0 Å². The first kappa shape index (κ1) is 15.6. The van der Waals surface area contributed by atoms with E-state index in [2.05, 4.69) is 26.6 Å². The fraction of sp³-hybridized carbons (Fsp3) is 0.417. The van der Waals surface area contributed by atoms with Crippen molar-refractivity contribution in [2.24, 2.45) is 0 Å². The third-order valence-corrected chi connectivity index (χ3v) is 3.20. The first-order valence-corrected chi connectivity index (χ1v) is 6.74. The van der Waals surface area contributed by atoms with Crippen molar-refractivity contribution in [2.75, 3.05) is 13.1 Å². The molecule has 1 rings (SSSR count). The lowest BCUT2D eigenvalue weighted by atomic mass is 10.2. The molecule has 0 saturated heterocycles. The number of hydrogen-bond acceptors (Lipinski definition) is 4. The summed E-state index contributed by atoms with van der Waals surface area (Å²) in [6.45, 7) is 3.62. The van der Waals surface area contributed by atoms with Crippen LogP contribution in [0.15, 0.2) is 22.7 Å². The van der Waals surface area contributed by atoms with Crippen LogP contribution in [0.25, 0.3) is 0 Å². The number of hydrogen-bond donors (Lipinski definition) is 2. The molecule has 0 spiro atoms. The van der Waals surface area contributed by atoms with Crippen LogP contribution < -0.4 is 10.6 Å². The van der Waals surface area contributed by atoms with Gasteiger partial charge in [-0.05, 0) is 18.6 Å². The van der Waals surface area contributed by atoms with Crippen molar-refractivity contribution in [1.82, 2.24) is 10.6 Å². The molecule has 104 valence electrons. The van der Waals surface area contributed by atoms with Crippen molar-refractivity contribution >= 4 is 27.5 Å². The van der Waals surface area contributed by atoms with Crippen molar-refractivity contribution in [3.05, 3.63) is 38.3 Å². The van der Waals surface area contributed by atoms with E-state index < -0.39 is 4.92 Å². The number of rotatable bonds is 7. The van der Waals surface area contributed by atoms with Crippen molar-refractivity contribution in [3.63, 3.8) is 0 Å². The summed E-state index contributed by atoms with van der Waals surface area (Å²) in [5, 5.41) is 16.4. The molecule has 0 atom stereocenters. The topological polar surface area (TPSA) is 84.3 Å². The summed E-state index contributed by atoms with van der Waals surface area (Å²) in [6.07, 6.45) is 0.415. The fourth-order valence-electron chi connectivity index (χ4n) is 1.50. The minimum Gasteiger partial charge on any atom is -0.356 e. The molecule has 19 heavy (non-hydrogen) atoms. The van der Waals surface area contributed by atoms with Gasteiger partial charge in [0, 0.05) is 42.7 Å². The number of halogens is 1. The largest absolute Gasteiger partial charge is 0.356 e. The second-order valence-electron chi connectivity index (χ2n) is 3.91. The molecule has 0 saturated carbocycles. The van der Waals surface area contributed by atoms with Crippen molar-refractivity contribution < 1.29 is 9.72 Å². The van der Waals surface area contributed by atoms with Gasteiger partial charge in [-0.25, -0.2) is 0 Å². The van der Waals surface area contributed by atoms with Crippen LogP contribution in [-0.2, 0) is 11.3 Å². The van der Waals surface area contributed by atoms with Gasteiger partial charge in [-0.1, -0.05) is 15.9 Å². The Hall–Kier alpha value is -1.47. The van der Waals surface area contributed by atoms with Gasteiger partial charge >= 0.3 is 0 Å². The SMILES string of the molecule is CCNC(=O)CCNCc1ccc([N+](=O)[O-])cc1Br. The van der Waals surface area contributed by atoms with Gasteiger partial charge in [0.05, 0.1) is 4.92 Å².